The molecule has 0 radical (unpaired) electrons. The SMILES string of the molecule is CC(CO)NC(=O)C(C)c1ccc(OC2CCN(c3ncnc(OCC(C)(F)F)c3F)C2)cc1. The van der Waals surface area contributed by atoms with Gasteiger partial charge in [0.05, 0.1) is 19.1 Å². The Morgan fingerprint density at radius 1 is 1.29 bits per heavy atom. The Labute approximate surface area is 196 Å². The zero-order chi connectivity index (χ0) is 24.9. The van der Waals surface area contributed by atoms with Crippen LogP contribution in [0.15, 0.2) is 30.6 Å². The number of nitrogens with one attached hydrogen (secondary N) is 1. The first-order valence-corrected chi connectivity index (χ1v) is 11.0. The molecule has 8 nitrogen and oxygen atoms in total. The van der Waals surface area contributed by atoms with Crippen molar-refractivity contribution < 1.29 is 32.5 Å². The molecule has 1 amide bonds. The minimum Gasteiger partial charge on any atom is -0.489 e. The number of ether oxygens (including phenoxy) is 2. The third-order valence-electron chi connectivity index (χ3n) is 5.38. The molecule has 3 unspecified atom stereocenters. The van der Waals surface area contributed by atoms with Crippen LogP contribution in [0.4, 0.5) is 19.0 Å². The summed E-state index contributed by atoms with van der Waals surface area (Å²) in [6, 6.07) is 6.80. The summed E-state index contributed by atoms with van der Waals surface area (Å²) in [7, 11) is 0. The summed E-state index contributed by atoms with van der Waals surface area (Å²) < 4.78 is 51.6. The van der Waals surface area contributed by atoms with E-state index in [1.165, 1.54) is 0 Å². The van der Waals surface area contributed by atoms with Crippen molar-refractivity contribution >= 4 is 11.7 Å². The number of aliphatic hydroxyl groups is 1. The summed E-state index contributed by atoms with van der Waals surface area (Å²) in [6.45, 7) is 3.86. The van der Waals surface area contributed by atoms with Crippen molar-refractivity contribution in [3.8, 4) is 11.6 Å². The standard InChI is InChI=1S/C23H29F3N4O4/c1-14(11-31)29-21(32)15(2)16-4-6-17(7-5-16)34-18-8-9-30(10-18)20-19(24)22(28-13-27-20)33-12-23(3,25)26/h4-7,13-15,18,31H,8-12H2,1-3H3,(H,29,32). The fourth-order valence-corrected chi connectivity index (χ4v) is 3.47. The first kappa shape index (κ1) is 25.5. The molecule has 3 rings (SSSR count). The van der Waals surface area contributed by atoms with E-state index in [0.717, 1.165) is 11.9 Å². The smallest absolute Gasteiger partial charge is 0.278 e. The molecule has 2 heterocycles. The van der Waals surface area contributed by atoms with E-state index in [2.05, 4.69) is 15.3 Å². The zero-order valence-electron chi connectivity index (χ0n) is 19.3. The number of amides is 1. The summed E-state index contributed by atoms with van der Waals surface area (Å²) >= 11 is 0. The molecule has 11 heteroatoms. The number of nitrogens with zero attached hydrogens (tertiary/aromatic N) is 3. The minimum atomic E-state index is -3.11. The average molecular weight is 483 g/mol. The van der Waals surface area contributed by atoms with Gasteiger partial charge in [-0.1, -0.05) is 12.1 Å². The molecule has 1 saturated heterocycles. The summed E-state index contributed by atoms with van der Waals surface area (Å²) in [6.07, 6.45) is 1.44. The Bertz CT molecular complexity index is 972. The molecule has 0 saturated carbocycles. The number of aromatic nitrogens is 2. The summed E-state index contributed by atoms with van der Waals surface area (Å²) in [5.41, 5.74) is 0.802. The first-order chi connectivity index (χ1) is 16.1. The molecule has 1 aliphatic rings. The molecule has 186 valence electrons. The van der Waals surface area contributed by atoms with E-state index >= 15 is 0 Å². The molecule has 0 spiro atoms. The molecular formula is C23H29F3N4O4. The molecule has 0 bridgehead atoms. The Balaban J connectivity index is 1.58. The van der Waals surface area contributed by atoms with Gasteiger partial charge in [0.25, 0.3) is 11.8 Å². The molecule has 1 aromatic heterocycles. The van der Waals surface area contributed by atoms with E-state index in [-0.39, 0.29) is 30.5 Å². The van der Waals surface area contributed by atoms with E-state index in [4.69, 9.17) is 14.6 Å². The van der Waals surface area contributed by atoms with Crippen LogP contribution in [0.25, 0.3) is 0 Å². The predicted octanol–water partition coefficient (Wildman–Crippen LogP) is 2.91. The number of hydrogen-bond donors (Lipinski definition) is 2. The molecule has 0 aliphatic carbocycles. The topological polar surface area (TPSA) is 96.8 Å². The number of carbonyl (C=O) groups is 1. The highest BCUT2D eigenvalue weighted by molar-refractivity contribution is 5.83. The number of aliphatic hydroxyl groups excluding tert-OH is 1. The van der Waals surface area contributed by atoms with Crippen molar-refractivity contribution in [1.82, 2.24) is 15.3 Å². The Morgan fingerprint density at radius 2 is 2.00 bits per heavy atom. The van der Waals surface area contributed by atoms with Gasteiger partial charge in [-0.2, -0.15) is 9.37 Å². The zero-order valence-corrected chi connectivity index (χ0v) is 19.3. The highest BCUT2D eigenvalue weighted by Gasteiger charge is 2.30. The normalized spacial score (nSPS) is 17.9. The highest BCUT2D eigenvalue weighted by atomic mass is 19.3. The number of benzene rings is 1. The van der Waals surface area contributed by atoms with Gasteiger partial charge in [-0.3, -0.25) is 4.79 Å². The second-order valence-corrected chi connectivity index (χ2v) is 8.53. The van der Waals surface area contributed by atoms with Gasteiger partial charge >= 0.3 is 0 Å². The van der Waals surface area contributed by atoms with E-state index in [9.17, 15) is 18.0 Å². The maximum Gasteiger partial charge on any atom is 0.278 e. The third-order valence-corrected chi connectivity index (χ3v) is 5.38. The molecule has 3 atom stereocenters. The quantitative estimate of drug-likeness (QED) is 0.538. The van der Waals surface area contributed by atoms with Gasteiger partial charge in [-0.25, -0.2) is 13.8 Å². The molecule has 2 N–H and O–H groups in total. The number of rotatable bonds is 10. The lowest BCUT2D eigenvalue weighted by Crippen LogP contribution is -2.37. The van der Waals surface area contributed by atoms with Gasteiger partial charge in [0.2, 0.25) is 11.7 Å². The largest absolute Gasteiger partial charge is 0.489 e. The fraction of sp³-hybridized carbons (Fsp3) is 0.522. The minimum absolute atomic E-state index is 0.0252. The van der Waals surface area contributed by atoms with E-state index in [0.29, 0.717) is 32.2 Å². The monoisotopic (exact) mass is 482 g/mol. The molecule has 2 aromatic rings. The number of anilines is 1. The second kappa shape index (κ2) is 10.9. The lowest BCUT2D eigenvalue weighted by Gasteiger charge is -2.20. The second-order valence-electron chi connectivity index (χ2n) is 8.53. The average Bonchev–Trinajstić information content (AvgIpc) is 3.25. The lowest BCUT2D eigenvalue weighted by atomic mass is 10.00. The number of halogens is 3. The molecular weight excluding hydrogens is 453 g/mol. The van der Waals surface area contributed by atoms with Gasteiger partial charge in [0.1, 0.15) is 18.2 Å². The van der Waals surface area contributed by atoms with E-state index < -0.39 is 30.1 Å². The van der Waals surface area contributed by atoms with Crippen LogP contribution >= 0.6 is 0 Å². The predicted molar refractivity (Wildman–Crippen MR) is 119 cm³/mol. The van der Waals surface area contributed by atoms with Crippen molar-refractivity contribution in [3.63, 3.8) is 0 Å². The Morgan fingerprint density at radius 3 is 2.65 bits per heavy atom. The van der Waals surface area contributed by atoms with Crippen LogP contribution in [0.5, 0.6) is 11.6 Å². The first-order valence-electron chi connectivity index (χ1n) is 11.0. The van der Waals surface area contributed by atoms with E-state index in [1.54, 1.807) is 43.0 Å². The molecule has 34 heavy (non-hydrogen) atoms. The van der Waals surface area contributed by atoms with Gasteiger partial charge in [0, 0.05) is 25.9 Å². The third kappa shape index (κ3) is 6.72. The van der Waals surface area contributed by atoms with Gasteiger partial charge in [0.15, 0.2) is 12.4 Å². The van der Waals surface area contributed by atoms with Crippen molar-refractivity contribution in [2.24, 2.45) is 0 Å². The Hall–Kier alpha value is -3.08. The molecule has 1 aliphatic heterocycles. The molecule has 1 aromatic carbocycles. The van der Waals surface area contributed by atoms with Gasteiger partial charge < -0.3 is 24.8 Å². The van der Waals surface area contributed by atoms with Gasteiger partial charge in [-0.05, 0) is 31.5 Å². The van der Waals surface area contributed by atoms with Crippen molar-refractivity contribution in [2.45, 2.75) is 51.2 Å². The van der Waals surface area contributed by atoms with Crippen LogP contribution in [-0.4, -0.2) is 65.4 Å². The van der Waals surface area contributed by atoms with Crippen LogP contribution < -0.4 is 19.7 Å². The van der Waals surface area contributed by atoms with E-state index in [1.807, 2.05) is 0 Å². The van der Waals surface area contributed by atoms with Crippen molar-refractivity contribution in [2.75, 3.05) is 31.2 Å². The fourth-order valence-electron chi connectivity index (χ4n) is 3.47. The summed E-state index contributed by atoms with van der Waals surface area (Å²) in [4.78, 5) is 21.5. The van der Waals surface area contributed by atoms with Crippen LogP contribution in [0.3, 0.4) is 0 Å². The van der Waals surface area contributed by atoms with Crippen LogP contribution in [0.2, 0.25) is 0 Å². The van der Waals surface area contributed by atoms with Crippen LogP contribution in [0.1, 0.15) is 38.7 Å². The number of carbonyl (C=O) groups excluding carboxylic acids is 1. The lowest BCUT2D eigenvalue weighted by molar-refractivity contribution is -0.123. The Kier molecular flexibility index (Phi) is 8.19. The molecule has 1 fully saturated rings. The van der Waals surface area contributed by atoms with Crippen LogP contribution in [-0.2, 0) is 4.79 Å². The number of hydrogen-bond acceptors (Lipinski definition) is 7. The maximum atomic E-state index is 14.7. The van der Waals surface area contributed by atoms with Crippen LogP contribution in [0, 0.1) is 5.82 Å². The highest BCUT2D eigenvalue weighted by Crippen LogP contribution is 2.29. The maximum absolute atomic E-state index is 14.7. The van der Waals surface area contributed by atoms with Crippen molar-refractivity contribution in [1.29, 1.82) is 0 Å². The summed E-state index contributed by atoms with van der Waals surface area (Å²) in [5, 5.41) is 11.8. The van der Waals surface area contributed by atoms with Crippen molar-refractivity contribution in [3.05, 3.63) is 42.0 Å². The van der Waals surface area contributed by atoms with Gasteiger partial charge in [-0.15, -0.1) is 0 Å². The summed E-state index contributed by atoms with van der Waals surface area (Å²) in [5.74, 6) is -4.52. The number of alkyl halides is 2.